The van der Waals surface area contributed by atoms with Crippen LogP contribution in [0.25, 0.3) is 0 Å². The number of halogens is 1. The standard InChI is InChI=1S/C13H20FN3O/c1-3-11(8-13(15)16-18)17(2)9-10-6-4-5-7-12(10)14/h4-7,11,18H,3,8-9H2,1-2H3,(H2,15,16). The van der Waals surface area contributed by atoms with Gasteiger partial charge in [0.1, 0.15) is 11.7 Å². The molecule has 4 nitrogen and oxygen atoms in total. The molecule has 0 spiro atoms. The van der Waals surface area contributed by atoms with Crippen LogP contribution < -0.4 is 5.73 Å². The van der Waals surface area contributed by atoms with E-state index in [1.54, 1.807) is 12.1 Å². The molecule has 0 saturated carbocycles. The van der Waals surface area contributed by atoms with Gasteiger partial charge in [-0.2, -0.15) is 0 Å². The molecule has 0 amide bonds. The van der Waals surface area contributed by atoms with Crippen LogP contribution in [0.3, 0.4) is 0 Å². The Balaban J connectivity index is 2.68. The van der Waals surface area contributed by atoms with Crippen molar-refractivity contribution in [1.82, 2.24) is 4.90 Å². The second-order valence-electron chi connectivity index (χ2n) is 4.36. The van der Waals surface area contributed by atoms with E-state index in [9.17, 15) is 4.39 Å². The highest BCUT2D eigenvalue weighted by Gasteiger charge is 2.16. The Labute approximate surface area is 107 Å². The molecule has 1 aromatic carbocycles. The Kier molecular flexibility index (Phi) is 5.58. The van der Waals surface area contributed by atoms with Crippen LogP contribution >= 0.6 is 0 Å². The fourth-order valence-electron chi connectivity index (χ4n) is 1.92. The molecule has 0 bridgehead atoms. The zero-order valence-electron chi connectivity index (χ0n) is 10.8. The van der Waals surface area contributed by atoms with Crippen molar-refractivity contribution in [3.05, 3.63) is 35.6 Å². The van der Waals surface area contributed by atoms with Gasteiger partial charge >= 0.3 is 0 Å². The van der Waals surface area contributed by atoms with Gasteiger partial charge in [-0.3, -0.25) is 4.90 Å². The third kappa shape index (κ3) is 4.00. The van der Waals surface area contributed by atoms with Gasteiger partial charge < -0.3 is 10.9 Å². The van der Waals surface area contributed by atoms with Crippen molar-refractivity contribution >= 4 is 5.84 Å². The SMILES string of the molecule is CCC(CC(N)=NO)N(C)Cc1ccccc1F. The van der Waals surface area contributed by atoms with E-state index in [1.165, 1.54) is 6.07 Å². The molecule has 1 rings (SSSR count). The van der Waals surface area contributed by atoms with Crippen LogP contribution in [0.15, 0.2) is 29.4 Å². The van der Waals surface area contributed by atoms with Crippen LogP contribution in [-0.2, 0) is 6.54 Å². The lowest BCUT2D eigenvalue weighted by Gasteiger charge is -2.26. The third-order valence-corrected chi connectivity index (χ3v) is 3.05. The second-order valence-corrected chi connectivity index (χ2v) is 4.36. The molecular formula is C13H20FN3O. The van der Waals surface area contributed by atoms with E-state index < -0.39 is 0 Å². The molecule has 3 N–H and O–H groups in total. The summed E-state index contributed by atoms with van der Waals surface area (Å²) in [6.07, 6.45) is 1.32. The summed E-state index contributed by atoms with van der Waals surface area (Å²) in [5, 5.41) is 11.6. The van der Waals surface area contributed by atoms with Crippen molar-refractivity contribution in [2.24, 2.45) is 10.9 Å². The molecule has 0 saturated heterocycles. The molecule has 0 aliphatic heterocycles. The molecule has 1 aromatic rings. The Bertz CT molecular complexity index is 409. The van der Waals surface area contributed by atoms with Crippen LogP contribution in [0.4, 0.5) is 4.39 Å². The number of rotatable bonds is 6. The maximum Gasteiger partial charge on any atom is 0.140 e. The van der Waals surface area contributed by atoms with Crippen molar-refractivity contribution in [2.75, 3.05) is 7.05 Å². The topological polar surface area (TPSA) is 61.9 Å². The quantitative estimate of drug-likeness (QED) is 0.353. The monoisotopic (exact) mass is 253 g/mol. The molecule has 0 radical (unpaired) electrons. The number of benzene rings is 1. The van der Waals surface area contributed by atoms with Gasteiger partial charge in [-0.1, -0.05) is 30.3 Å². The molecule has 5 heteroatoms. The van der Waals surface area contributed by atoms with Gasteiger partial charge in [-0.25, -0.2) is 4.39 Å². The zero-order valence-corrected chi connectivity index (χ0v) is 10.8. The molecule has 18 heavy (non-hydrogen) atoms. The Morgan fingerprint density at radius 3 is 2.72 bits per heavy atom. The van der Waals surface area contributed by atoms with Gasteiger partial charge in [0.2, 0.25) is 0 Å². The molecular weight excluding hydrogens is 233 g/mol. The van der Waals surface area contributed by atoms with Gasteiger partial charge in [0.15, 0.2) is 0 Å². The predicted octanol–water partition coefficient (Wildman–Crippen LogP) is 2.17. The van der Waals surface area contributed by atoms with E-state index in [0.717, 1.165) is 6.42 Å². The summed E-state index contributed by atoms with van der Waals surface area (Å²) in [5.41, 5.74) is 6.16. The van der Waals surface area contributed by atoms with Gasteiger partial charge in [0.25, 0.3) is 0 Å². The normalized spacial score (nSPS) is 13.9. The molecule has 0 aliphatic carbocycles. The minimum absolute atomic E-state index is 0.125. The van der Waals surface area contributed by atoms with Crippen LogP contribution in [0.1, 0.15) is 25.3 Å². The van der Waals surface area contributed by atoms with Crippen LogP contribution in [0, 0.1) is 5.82 Å². The summed E-state index contributed by atoms with van der Waals surface area (Å²) in [7, 11) is 1.91. The van der Waals surface area contributed by atoms with Gasteiger partial charge in [0, 0.05) is 24.6 Å². The fraction of sp³-hybridized carbons (Fsp3) is 0.462. The first-order valence-corrected chi connectivity index (χ1v) is 5.98. The molecule has 1 atom stereocenters. The van der Waals surface area contributed by atoms with Crippen molar-refractivity contribution in [1.29, 1.82) is 0 Å². The average molecular weight is 253 g/mol. The van der Waals surface area contributed by atoms with Crippen molar-refractivity contribution in [2.45, 2.75) is 32.4 Å². The summed E-state index contributed by atoms with van der Waals surface area (Å²) in [4.78, 5) is 2.01. The number of amidine groups is 1. The van der Waals surface area contributed by atoms with Crippen LogP contribution in [0.2, 0.25) is 0 Å². The number of nitrogens with zero attached hydrogens (tertiary/aromatic N) is 2. The largest absolute Gasteiger partial charge is 0.409 e. The number of hydrogen-bond donors (Lipinski definition) is 2. The molecule has 1 unspecified atom stereocenters. The number of hydrogen-bond acceptors (Lipinski definition) is 3. The number of oxime groups is 1. The van der Waals surface area contributed by atoms with Gasteiger partial charge in [-0.05, 0) is 19.5 Å². The third-order valence-electron chi connectivity index (χ3n) is 3.05. The first-order chi connectivity index (χ1) is 8.58. The summed E-state index contributed by atoms with van der Waals surface area (Å²) in [6.45, 7) is 2.52. The smallest absolute Gasteiger partial charge is 0.140 e. The van der Waals surface area contributed by atoms with E-state index in [4.69, 9.17) is 10.9 Å². The Morgan fingerprint density at radius 2 is 2.17 bits per heavy atom. The highest BCUT2D eigenvalue weighted by Crippen LogP contribution is 2.14. The van der Waals surface area contributed by atoms with Gasteiger partial charge in [0.05, 0.1) is 0 Å². The summed E-state index contributed by atoms with van der Waals surface area (Å²) in [6, 6.07) is 6.83. The highest BCUT2D eigenvalue weighted by atomic mass is 19.1. The van der Waals surface area contributed by atoms with Crippen molar-refractivity contribution in [3.8, 4) is 0 Å². The predicted molar refractivity (Wildman–Crippen MR) is 70.0 cm³/mol. The van der Waals surface area contributed by atoms with Crippen molar-refractivity contribution in [3.63, 3.8) is 0 Å². The van der Waals surface area contributed by atoms with E-state index in [-0.39, 0.29) is 17.7 Å². The van der Waals surface area contributed by atoms with E-state index in [1.807, 2.05) is 24.9 Å². The van der Waals surface area contributed by atoms with Crippen molar-refractivity contribution < 1.29 is 9.60 Å². The van der Waals surface area contributed by atoms with E-state index in [0.29, 0.717) is 18.5 Å². The maximum absolute atomic E-state index is 13.5. The highest BCUT2D eigenvalue weighted by molar-refractivity contribution is 5.80. The summed E-state index contributed by atoms with van der Waals surface area (Å²) in [5.74, 6) is -0.00904. The minimum atomic E-state index is -0.206. The zero-order chi connectivity index (χ0) is 13.5. The van der Waals surface area contributed by atoms with Crippen LogP contribution in [-0.4, -0.2) is 29.0 Å². The maximum atomic E-state index is 13.5. The second kappa shape index (κ2) is 6.96. The lowest BCUT2D eigenvalue weighted by atomic mass is 10.1. The Hall–Kier alpha value is -1.62. The summed E-state index contributed by atoms with van der Waals surface area (Å²) < 4.78 is 13.5. The minimum Gasteiger partial charge on any atom is -0.409 e. The van der Waals surface area contributed by atoms with E-state index in [2.05, 4.69) is 5.16 Å². The first kappa shape index (κ1) is 14.4. The molecule has 0 fully saturated rings. The molecule has 0 heterocycles. The van der Waals surface area contributed by atoms with Crippen LogP contribution in [0.5, 0.6) is 0 Å². The van der Waals surface area contributed by atoms with Gasteiger partial charge in [-0.15, -0.1) is 0 Å². The molecule has 0 aromatic heterocycles. The molecule has 100 valence electrons. The number of nitrogens with two attached hydrogens (primary N) is 1. The van der Waals surface area contributed by atoms with E-state index >= 15 is 0 Å². The lowest BCUT2D eigenvalue weighted by Crippen LogP contribution is -2.34. The Morgan fingerprint density at radius 1 is 1.50 bits per heavy atom. The fourth-order valence-corrected chi connectivity index (χ4v) is 1.92. The summed E-state index contributed by atoms with van der Waals surface area (Å²) >= 11 is 0. The lowest BCUT2D eigenvalue weighted by molar-refractivity contribution is 0.227. The molecule has 0 aliphatic rings. The first-order valence-electron chi connectivity index (χ1n) is 5.98. The average Bonchev–Trinajstić information content (AvgIpc) is 2.38.